The van der Waals surface area contributed by atoms with Gasteiger partial charge in [0.15, 0.2) is 0 Å². The summed E-state index contributed by atoms with van der Waals surface area (Å²) in [7, 11) is 0. The molecule has 0 aliphatic rings. The van der Waals surface area contributed by atoms with Gasteiger partial charge in [-0.3, -0.25) is 0 Å². The first kappa shape index (κ1) is 14.6. The highest BCUT2D eigenvalue weighted by Gasteiger charge is 2.21. The number of nitrogens with zero attached hydrogens (tertiary/aromatic N) is 2. The van der Waals surface area contributed by atoms with Gasteiger partial charge in [-0.05, 0) is 42.3 Å². The quantitative estimate of drug-likeness (QED) is 0.756. The molecule has 0 unspecified atom stereocenters. The lowest BCUT2D eigenvalue weighted by Gasteiger charge is -2.08. The molecule has 4 heteroatoms. The van der Waals surface area contributed by atoms with Gasteiger partial charge in [0, 0.05) is 21.6 Å². The van der Waals surface area contributed by atoms with Crippen LogP contribution in [0.3, 0.4) is 0 Å². The van der Waals surface area contributed by atoms with Gasteiger partial charge in [0.25, 0.3) is 0 Å². The van der Waals surface area contributed by atoms with E-state index in [2.05, 4.69) is 19.9 Å². The smallest absolute Gasteiger partial charge is 0.129 e. The molecule has 0 radical (unpaired) electrons. The van der Waals surface area contributed by atoms with E-state index in [-0.39, 0.29) is 11.7 Å². The van der Waals surface area contributed by atoms with Crippen molar-refractivity contribution in [1.29, 1.82) is 5.26 Å². The number of aromatic hydroxyl groups is 1. The van der Waals surface area contributed by atoms with Crippen LogP contribution < -0.4 is 0 Å². The summed E-state index contributed by atoms with van der Waals surface area (Å²) >= 11 is 1.63. The van der Waals surface area contributed by atoms with Crippen LogP contribution in [-0.4, -0.2) is 9.51 Å². The Morgan fingerprint density at radius 3 is 2.50 bits per heavy atom. The standard InChI is InChI=1S/C18H16N2OS/c1-12(2)17-16(11-19)20-10-4-3-5-15(20)18(17)22-14-8-6-13(21)7-9-14/h3-10,12,21H,1-2H3. The van der Waals surface area contributed by atoms with E-state index in [4.69, 9.17) is 0 Å². The Balaban J connectivity index is 2.21. The van der Waals surface area contributed by atoms with Gasteiger partial charge in [0.2, 0.25) is 0 Å². The number of rotatable bonds is 3. The molecule has 0 aliphatic heterocycles. The Bertz CT molecular complexity index is 857. The second kappa shape index (κ2) is 5.78. The van der Waals surface area contributed by atoms with E-state index in [9.17, 15) is 10.4 Å². The molecule has 1 N–H and O–H groups in total. The molecule has 2 aromatic heterocycles. The van der Waals surface area contributed by atoms with Crippen LogP contribution >= 0.6 is 11.8 Å². The minimum atomic E-state index is 0.257. The molecule has 3 aromatic rings. The van der Waals surface area contributed by atoms with Crippen molar-refractivity contribution >= 4 is 17.3 Å². The number of pyridine rings is 1. The van der Waals surface area contributed by atoms with Crippen molar-refractivity contribution in [2.24, 2.45) is 0 Å². The number of fused-ring (bicyclic) bond motifs is 1. The van der Waals surface area contributed by atoms with E-state index in [1.165, 1.54) is 0 Å². The fourth-order valence-electron chi connectivity index (χ4n) is 2.59. The third-order valence-electron chi connectivity index (χ3n) is 3.57. The summed E-state index contributed by atoms with van der Waals surface area (Å²) < 4.78 is 1.96. The number of benzene rings is 1. The van der Waals surface area contributed by atoms with Crippen LogP contribution in [0.5, 0.6) is 5.75 Å². The molecule has 3 rings (SSSR count). The van der Waals surface area contributed by atoms with Gasteiger partial charge in [-0.15, -0.1) is 0 Å². The summed E-state index contributed by atoms with van der Waals surface area (Å²) in [5, 5.41) is 19.0. The zero-order valence-electron chi connectivity index (χ0n) is 12.4. The van der Waals surface area contributed by atoms with Crippen molar-refractivity contribution in [1.82, 2.24) is 4.40 Å². The summed E-state index contributed by atoms with van der Waals surface area (Å²) in [6.45, 7) is 4.22. The van der Waals surface area contributed by atoms with Crippen LogP contribution in [0.25, 0.3) is 5.52 Å². The molecule has 0 saturated heterocycles. The maximum Gasteiger partial charge on any atom is 0.129 e. The van der Waals surface area contributed by atoms with Gasteiger partial charge >= 0.3 is 0 Å². The van der Waals surface area contributed by atoms with Crippen molar-refractivity contribution in [2.45, 2.75) is 29.6 Å². The van der Waals surface area contributed by atoms with Gasteiger partial charge in [-0.1, -0.05) is 31.7 Å². The second-order valence-electron chi connectivity index (χ2n) is 5.41. The molecule has 110 valence electrons. The minimum absolute atomic E-state index is 0.257. The Labute approximate surface area is 133 Å². The van der Waals surface area contributed by atoms with E-state index >= 15 is 0 Å². The lowest BCUT2D eigenvalue weighted by molar-refractivity contribution is 0.475. The number of aromatic nitrogens is 1. The maximum atomic E-state index is 9.57. The fraction of sp³-hybridized carbons (Fsp3) is 0.167. The van der Waals surface area contributed by atoms with Gasteiger partial charge in [-0.25, -0.2) is 0 Å². The molecule has 2 heterocycles. The highest BCUT2D eigenvalue weighted by atomic mass is 32.2. The zero-order valence-corrected chi connectivity index (χ0v) is 13.3. The van der Waals surface area contributed by atoms with Crippen molar-refractivity contribution < 1.29 is 5.11 Å². The summed E-state index contributed by atoms with van der Waals surface area (Å²) in [5.41, 5.74) is 2.82. The average molecular weight is 308 g/mol. The molecule has 0 atom stereocenters. The van der Waals surface area contributed by atoms with Crippen LogP contribution in [0.1, 0.15) is 31.0 Å². The molecule has 0 fully saturated rings. The minimum Gasteiger partial charge on any atom is -0.508 e. The summed E-state index contributed by atoms with van der Waals surface area (Å²) in [6.07, 6.45) is 1.93. The van der Waals surface area contributed by atoms with Crippen LogP contribution in [0.15, 0.2) is 58.5 Å². The molecule has 0 spiro atoms. The number of nitriles is 1. The van der Waals surface area contributed by atoms with Gasteiger partial charge < -0.3 is 9.51 Å². The summed E-state index contributed by atoms with van der Waals surface area (Å²) in [4.78, 5) is 2.15. The van der Waals surface area contributed by atoms with E-state index in [0.717, 1.165) is 20.9 Å². The van der Waals surface area contributed by atoms with Crippen LogP contribution in [0.4, 0.5) is 0 Å². The molecular formula is C18H16N2OS. The Kier molecular flexibility index (Phi) is 3.82. The molecule has 22 heavy (non-hydrogen) atoms. The second-order valence-corrected chi connectivity index (χ2v) is 6.49. The van der Waals surface area contributed by atoms with Gasteiger partial charge in [0.05, 0.1) is 5.52 Å². The summed E-state index contributed by atoms with van der Waals surface area (Å²) in [6, 6.07) is 15.5. The molecule has 1 aromatic carbocycles. The average Bonchev–Trinajstić information content (AvgIpc) is 2.83. The highest BCUT2D eigenvalue weighted by Crippen LogP contribution is 2.40. The van der Waals surface area contributed by atoms with Crippen LogP contribution in [-0.2, 0) is 0 Å². The zero-order chi connectivity index (χ0) is 15.7. The van der Waals surface area contributed by atoms with E-state index in [1.807, 2.05) is 40.9 Å². The SMILES string of the molecule is CC(C)c1c(Sc2ccc(O)cc2)c2ccccn2c1C#N. The Morgan fingerprint density at radius 2 is 1.86 bits per heavy atom. The number of hydrogen-bond acceptors (Lipinski definition) is 3. The summed E-state index contributed by atoms with van der Waals surface area (Å²) in [5.74, 6) is 0.516. The van der Waals surface area contributed by atoms with Gasteiger partial charge in [-0.2, -0.15) is 5.26 Å². The Hall–Kier alpha value is -2.38. The first-order valence-corrected chi connectivity index (χ1v) is 7.93. The third-order valence-corrected chi connectivity index (χ3v) is 4.71. The van der Waals surface area contributed by atoms with Crippen molar-refractivity contribution in [3.63, 3.8) is 0 Å². The molecule has 0 saturated carbocycles. The lowest BCUT2D eigenvalue weighted by atomic mass is 10.0. The molecular weight excluding hydrogens is 292 g/mol. The van der Waals surface area contributed by atoms with E-state index < -0.39 is 0 Å². The monoisotopic (exact) mass is 308 g/mol. The molecule has 0 bridgehead atoms. The number of phenols is 1. The Morgan fingerprint density at radius 1 is 1.14 bits per heavy atom. The first-order chi connectivity index (χ1) is 10.6. The van der Waals surface area contributed by atoms with E-state index in [0.29, 0.717) is 5.69 Å². The molecule has 0 aliphatic carbocycles. The van der Waals surface area contributed by atoms with Gasteiger partial charge in [0.1, 0.15) is 17.5 Å². The van der Waals surface area contributed by atoms with Crippen molar-refractivity contribution in [3.05, 3.63) is 59.9 Å². The fourth-order valence-corrected chi connectivity index (χ4v) is 3.81. The topological polar surface area (TPSA) is 48.4 Å². The maximum absolute atomic E-state index is 9.57. The number of phenolic OH excluding ortho intramolecular Hbond substituents is 1. The normalized spacial score (nSPS) is 11.0. The first-order valence-electron chi connectivity index (χ1n) is 7.11. The number of hydrogen-bond donors (Lipinski definition) is 1. The van der Waals surface area contributed by atoms with Crippen LogP contribution in [0.2, 0.25) is 0 Å². The predicted molar refractivity (Wildman–Crippen MR) is 88.4 cm³/mol. The predicted octanol–water partition coefficient (Wildman–Crippen LogP) is 4.79. The lowest BCUT2D eigenvalue weighted by Crippen LogP contribution is -1.93. The van der Waals surface area contributed by atoms with E-state index in [1.54, 1.807) is 23.9 Å². The van der Waals surface area contributed by atoms with Crippen LogP contribution in [0, 0.1) is 11.3 Å². The highest BCUT2D eigenvalue weighted by molar-refractivity contribution is 7.99. The van der Waals surface area contributed by atoms with Crippen molar-refractivity contribution in [3.8, 4) is 11.8 Å². The third kappa shape index (κ3) is 2.44. The largest absolute Gasteiger partial charge is 0.508 e. The molecule has 3 nitrogen and oxygen atoms in total. The van der Waals surface area contributed by atoms with Crippen molar-refractivity contribution in [2.75, 3.05) is 0 Å². The molecule has 0 amide bonds.